The monoisotopic (exact) mass is 640 g/mol. The Morgan fingerprint density at radius 1 is 0.682 bits per heavy atom. The SMILES string of the molecule is C=C(CCCC(=O)OC)Cc1c(C(C)(C)C)cc(SC(C)(C)Sc2cc(C(C)(C)C)c(O)c(C(C)(C)C)c2)cc1C(C)(C)C. The Kier molecular flexibility index (Phi) is 12.1. The number of rotatable bonds is 10. The molecule has 44 heavy (non-hydrogen) atoms. The lowest BCUT2D eigenvalue weighted by Crippen LogP contribution is -2.22. The van der Waals surface area contributed by atoms with Crippen molar-refractivity contribution in [3.05, 3.63) is 64.2 Å². The second-order valence-corrected chi connectivity index (χ2v) is 20.5. The number of methoxy groups -OCH3 is 1. The highest BCUT2D eigenvalue weighted by Crippen LogP contribution is 2.50. The summed E-state index contributed by atoms with van der Waals surface area (Å²) in [5.74, 6) is 0.258. The van der Waals surface area contributed by atoms with Crippen LogP contribution in [0.4, 0.5) is 0 Å². The molecule has 3 nitrogen and oxygen atoms in total. The van der Waals surface area contributed by atoms with Gasteiger partial charge >= 0.3 is 5.97 Å². The lowest BCUT2D eigenvalue weighted by atomic mass is 9.74. The van der Waals surface area contributed by atoms with Gasteiger partial charge in [-0.2, -0.15) is 0 Å². The van der Waals surface area contributed by atoms with Crippen LogP contribution in [0.3, 0.4) is 0 Å². The summed E-state index contributed by atoms with van der Waals surface area (Å²) in [5.41, 5.74) is 6.80. The Hall–Kier alpha value is -1.85. The first-order valence-corrected chi connectivity index (χ1v) is 17.6. The smallest absolute Gasteiger partial charge is 0.305 e. The van der Waals surface area contributed by atoms with Gasteiger partial charge in [0.25, 0.3) is 0 Å². The van der Waals surface area contributed by atoms with Crippen molar-refractivity contribution in [2.75, 3.05) is 7.11 Å². The number of carbonyl (C=O) groups excluding carboxylic acids is 1. The maximum atomic E-state index is 11.7. The van der Waals surface area contributed by atoms with Crippen LogP contribution in [0.1, 0.15) is 144 Å². The van der Waals surface area contributed by atoms with E-state index in [0.29, 0.717) is 12.2 Å². The molecule has 0 saturated carbocycles. The van der Waals surface area contributed by atoms with Gasteiger partial charge in [-0.25, -0.2) is 0 Å². The van der Waals surface area contributed by atoms with Crippen LogP contribution in [0.25, 0.3) is 0 Å². The first-order chi connectivity index (χ1) is 19.8. The van der Waals surface area contributed by atoms with Crippen molar-refractivity contribution in [1.82, 2.24) is 0 Å². The number of aromatic hydroxyl groups is 1. The van der Waals surface area contributed by atoms with E-state index in [0.717, 1.165) is 36.0 Å². The molecule has 0 aromatic heterocycles. The molecule has 0 radical (unpaired) electrons. The first kappa shape index (κ1) is 38.3. The lowest BCUT2D eigenvalue weighted by molar-refractivity contribution is -0.140. The predicted octanol–water partition coefficient (Wildman–Crippen LogP) is 11.6. The van der Waals surface area contributed by atoms with E-state index in [1.165, 1.54) is 33.6 Å². The van der Waals surface area contributed by atoms with Crippen molar-refractivity contribution in [1.29, 1.82) is 0 Å². The van der Waals surface area contributed by atoms with Crippen LogP contribution in [-0.4, -0.2) is 22.3 Å². The lowest BCUT2D eigenvalue weighted by Gasteiger charge is -2.33. The first-order valence-electron chi connectivity index (χ1n) is 15.9. The fourth-order valence-electron chi connectivity index (χ4n) is 5.56. The Morgan fingerprint density at radius 3 is 1.39 bits per heavy atom. The number of allylic oxidation sites excluding steroid dienone is 1. The predicted molar refractivity (Wildman–Crippen MR) is 194 cm³/mol. The molecule has 0 aliphatic carbocycles. The number of thioether (sulfide) groups is 2. The van der Waals surface area contributed by atoms with E-state index in [1.54, 1.807) is 0 Å². The molecule has 0 heterocycles. The third-order valence-electron chi connectivity index (χ3n) is 7.83. The summed E-state index contributed by atoms with van der Waals surface area (Å²) in [6.45, 7) is 35.8. The molecular weight excluding hydrogens is 581 g/mol. The minimum Gasteiger partial charge on any atom is -0.507 e. The van der Waals surface area contributed by atoms with E-state index in [2.05, 4.69) is 128 Å². The van der Waals surface area contributed by atoms with Gasteiger partial charge in [0, 0.05) is 27.3 Å². The number of benzene rings is 2. The topological polar surface area (TPSA) is 46.5 Å². The molecule has 246 valence electrons. The van der Waals surface area contributed by atoms with Crippen LogP contribution < -0.4 is 0 Å². The Labute approximate surface area is 278 Å². The van der Waals surface area contributed by atoms with Crippen LogP contribution in [-0.2, 0) is 37.6 Å². The van der Waals surface area contributed by atoms with Crippen LogP contribution in [0, 0.1) is 0 Å². The zero-order valence-corrected chi connectivity index (χ0v) is 32.1. The fourth-order valence-corrected chi connectivity index (χ4v) is 8.14. The number of esters is 1. The summed E-state index contributed by atoms with van der Waals surface area (Å²) >= 11 is 3.77. The van der Waals surface area contributed by atoms with Crippen molar-refractivity contribution in [2.45, 2.75) is 158 Å². The molecule has 5 heteroatoms. The molecule has 0 atom stereocenters. The molecule has 0 spiro atoms. The van der Waals surface area contributed by atoms with Gasteiger partial charge < -0.3 is 9.84 Å². The van der Waals surface area contributed by atoms with E-state index in [1.807, 2.05) is 23.5 Å². The minimum absolute atomic E-state index is 0.0460. The standard InChI is InChI=1S/C39H60O3S2/c1-25(18-17-19-33(40)42-16)20-28-29(35(2,3)4)21-26(22-30(28)36(5,6)7)43-39(14,15)44-27-23-31(37(8,9)10)34(41)32(24-27)38(11,12)13/h21-24,41H,1,17-20H2,2-16H3. The Morgan fingerprint density at radius 2 is 1.05 bits per heavy atom. The molecule has 2 aromatic carbocycles. The van der Waals surface area contributed by atoms with Gasteiger partial charge in [0.15, 0.2) is 0 Å². The van der Waals surface area contributed by atoms with E-state index in [4.69, 9.17) is 4.74 Å². The molecule has 0 fully saturated rings. The normalized spacial score (nSPS) is 13.2. The van der Waals surface area contributed by atoms with Crippen LogP contribution in [0.5, 0.6) is 5.75 Å². The quantitative estimate of drug-likeness (QED) is 0.121. The molecule has 2 aromatic rings. The van der Waals surface area contributed by atoms with Crippen molar-refractivity contribution in [2.24, 2.45) is 0 Å². The number of phenolic OH excluding ortho intramolecular Hbond substituents is 1. The summed E-state index contributed by atoms with van der Waals surface area (Å²) in [5, 5.41) is 11.3. The minimum atomic E-state index is -0.166. The highest BCUT2D eigenvalue weighted by atomic mass is 32.2. The highest BCUT2D eigenvalue weighted by Gasteiger charge is 2.31. The van der Waals surface area contributed by atoms with Gasteiger partial charge in [-0.15, -0.1) is 23.5 Å². The largest absolute Gasteiger partial charge is 0.507 e. The van der Waals surface area contributed by atoms with Gasteiger partial charge in [0.05, 0.1) is 11.2 Å². The third kappa shape index (κ3) is 10.6. The summed E-state index contributed by atoms with van der Waals surface area (Å²) < 4.78 is 4.67. The number of hydrogen-bond donors (Lipinski definition) is 1. The van der Waals surface area contributed by atoms with E-state index in [-0.39, 0.29) is 31.7 Å². The number of phenols is 1. The van der Waals surface area contributed by atoms with Crippen molar-refractivity contribution in [3.63, 3.8) is 0 Å². The van der Waals surface area contributed by atoms with E-state index in [9.17, 15) is 9.90 Å². The second kappa shape index (κ2) is 13.9. The summed E-state index contributed by atoms with van der Waals surface area (Å²) in [6, 6.07) is 9.18. The molecule has 0 aliphatic rings. The summed E-state index contributed by atoms with van der Waals surface area (Å²) in [6.07, 6.45) is 2.79. The second-order valence-electron chi connectivity index (χ2n) is 16.8. The summed E-state index contributed by atoms with van der Waals surface area (Å²) in [4.78, 5) is 14.1. The number of ether oxygens (including phenoxy) is 1. The van der Waals surface area contributed by atoms with E-state index >= 15 is 0 Å². The number of carbonyl (C=O) groups is 1. The van der Waals surface area contributed by atoms with Gasteiger partial charge in [0.1, 0.15) is 5.75 Å². The Balaban J connectivity index is 2.56. The average molecular weight is 641 g/mol. The van der Waals surface area contributed by atoms with E-state index < -0.39 is 0 Å². The van der Waals surface area contributed by atoms with Gasteiger partial charge in [0.2, 0.25) is 0 Å². The van der Waals surface area contributed by atoms with Crippen molar-refractivity contribution in [3.8, 4) is 5.75 Å². The molecule has 0 amide bonds. The molecule has 2 rings (SSSR count). The average Bonchev–Trinajstić information content (AvgIpc) is 2.82. The Bertz CT molecular complexity index is 1270. The maximum absolute atomic E-state index is 11.7. The van der Waals surface area contributed by atoms with Crippen molar-refractivity contribution < 1.29 is 14.6 Å². The van der Waals surface area contributed by atoms with Gasteiger partial charge in [-0.3, -0.25) is 4.79 Å². The number of hydrogen-bond acceptors (Lipinski definition) is 5. The molecule has 0 saturated heterocycles. The molecule has 0 aliphatic heterocycles. The zero-order chi connectivity index (χ0) is 34.1. The third-order valence-corrected chi connectivity index (χ3v) is 10.3. The molecule has 0 bridgehead atoms. The highest BCUT2D eigenvalue weighted by molar-refractivity contribution is 8.18. The van der Waals surface area contributed by atoms with Crippen LogP contribution in [0.15, 0.2) is 46.2 Å². The summed E-state index contributed by atoms with van der Waals surface area (Å²) in [7, 11) is 1.44. The molecule has 1 N–H and O–H groups in total. The molecule has 0 unspecified atom stereocenters. The van der Waals surface area contributed by atoms with Crippen molar-refractivity contribution >= 4 is 29.5 Å². The fraction of sp³-hybridized carbons (Fsp3) is 0.615. The van der Waals surface area contributed by atoms with Gasteiger partial charge in [-0.1, -0.05) is 95.2 Å². The van der Waals surface area contributed by atoms with Crippen LogP contribution >= 0.6 is 23.5 Å². The van der Waals surface area contributed by atoms with Crippen LogP contribution in [0.2, 0.25) is 0 Å². The molecular formula is C39H60O3S2. The zero-order valence-electron chi connectivity index (χ0n) is 30.4. The maximum Gasteiger partial charge on any atom is 0.305 e. The van der Waals surface area contributed by atoms with Gasteiger partial charge in [-0.05, 0) is 95.7 Å².